The molecule has 1 aliphatic carbocycles. The van der Waals surface area contributed by atoms with E-state index in [1.807, 2.05) is 31.7 Å². The summed E-state index contributed by atoms with van der Waals surface area (Å²) < 4.78 is 5.27. The van der Waals surface area contributed by atoms with E-state index in [0.717, 1.165) is 25.8 Å². The zero-order valence-corrected chi connectivity index (χ0v) is 13.0. The first-order chi connectivity index (χ1) is 9.70. The zero-order chi connectivity index (χ0) is 14.4. The average molecular weight is 293 g/mol. The Morgan fingerprint density at radius 3 is 2.80 bits per heavy atom. The van der Waals surface area contributed by atoms with Crippen LogP contribution in [-0.2, 0) is 9.53 Å². The van der Waals surface area contributed by atoms with Crippen LogP contribution in [0.4, 0.5) is 0 Å². The summed E-state index contributed by atoms with van der Waals surface area (Å²) in [6.45, 7) is 5.14. The van der Waals surface area contributed by atoms with E-state index in [2.05, 4.69) is 29.6 Å². The quantitative estimate of drug-likeness (QED) is 0.817. The summed E-state index contributed by atoms with van der Waals surface area (Å²) in [5.41, 5.74) is -0.475. The van der Waals surface area contributed by atoms with Gasteiger partial charge in [-0.25, -0.2) is 0 Å². The molecule has 1 aromatic carbocycles. The monoisotopic (exact) mass is 293 g/mol. The lowest BCUT2D eigenvalue weighted by atomic mass is 9.98. The lowest BCUT2D eigenvalue weighted by molar-refractivity contribution is -0.151. The molecule has 0 saturated heterocycles. The van der Waals surface area contributed by atoms with Gasteiger partial charge in [0.15, 0.2) is 0 Å². The van der Waals surface area contributed by atoms with Gasteiger partial charge >= 0.3 is 5.97 Å². The van der Waals surface area contributed by atoms with Crippen LogP contribution in [-0.4, -0.2) is 29.9 Å². The van der Waals surface area contributed by atoms with Gasteiger partial charge in [0.1, 0.15) is 5.54 Å². The van der Waals surface area contributed by atoms with Gasteiger partial charge in [0.25, 0.3) is 0 Å². The van der Waals surface area contributed by atoms with Gasteiger partial charge in [0, 0.05) is 10.1 Å². The molecule has 1 aliphatic rings. The lowest BCUT2D eigenvalue weighted by Gasteiger charge is -2.27. The number of esters is 1. The molecule has 20 heavy (non-hydrogen) atoms. The third kappa shape index (κ3) is 3.55. The third-order valence-electron chi connectivity index (χ3n) is 3.70. The van der Waals surface area contributed by atoms with E-state index in [1.165, 1.54) is 4.90 Å². The van der Waals surface area contributed by atoms with Crippen LogP contribution in [0.15, 0.2) is 35.2 Å². The normalized spacial score (nSPS) is 25.6. The van der Waals surface area contributed by atoms with E-state index < -0.39 is 5.54 Å². The Balaban J connectivity index is 2.02. The number of nitrogens with one attached hydrogen (secondary N) is 1. The van der Waals surface area contributed by atoms with Gasteiger partial charge in [-0.3, -0.25) is 4.79 Å². The van der Waals surface area contributed by atoms with Crippen LogP contribution < -0.4 is 5.32 Å². The van der Waals surface area contributed by atoms with E-state index in [0.29, 0.717) is 11.9 Å². The van der Waals surface area contributed by atoms with Gasteiger partial charge in [0.2, 0.25) is 0 Å². The van der Waals surface area contributed by atoms with Crippen molar-refractivity contribution in [1.82, 2.24) is 5.32 Å². The van der Waals surface area contributed by atoms with E-state index in [-0.39, 0.29) is 5.97 Å². The number of hydrogen-bond acceptors (Lipinski definition) is 4. The second-order valence-electron chi connectivity index (χ2n) is 5.13. The number of benzene rings is 1. The molecule has 0 aromatic heterocycles. The maximum Gasteiger partial charge on any atom is 0.326 e. The maximum atomic E-state index is 12.3. The maximum absolute atomic E-state index is 12.3. The largest absolute Gasteiger partial charge is 0.465 e. The molecule has 0 aliphatic heterocycles. The van der Waals surface area contributed by atoms with Crippen LogP contribution in [0.5, 0.6) is 0 Å². The highest BCUT2D eigenvalue weighted by molar-refractivity contribution is 8.00. The molecule has 1 aromatic rings. The van der Waals surface area contributed by atoms with Crippen LogP contribution in [0.2, 0.25) is 0 Å². The summed E-state index contributed by atoms with van der Waals surface area (Å²) in [5.74, 6) is -0.0852. The van der Waals surface area contributed by atoms with Crippen LogP contribution in [0.1, 0.15) is 33.1 Å². The number of rotatable bonds is 6. The molecular weight excluding hydrogens is 270 g/mol. The Kier molecular flexibility index (Phi) is 5.49. The Morgan fingerprint density at radius 1 is 1.40 bits per heavy atom. The van der Waals surface area contributed by atoms with E-state index in [1.54, 1.807) is 0 Å². The van der Waals surface area contributed by atoms with Crippen molar-refractivity contribution in [2.45, 2.75) is 48.8 Å². The standard InChI is InChI=1S/C16H23NO2S/c1-3-17-16(15(18)19-4-2)11-10-14(12-16)20-13-8-6-5-7-9-13/h5-9,14,17H,3-4,10-12H2,1-2H3. The van der Waals surface area contributed by atoms with Crippen molar-refractivity contribution in [2.24, 2.45) is 0 Å². The first kappa shape index (κ1) is 15.4. The van der Waals surface area contributed by atoms with Crippen molar-refractivity contribution < 1.29 is 9.53 Å². The predicted molar refractivity (Wildman–Crippen MR) is 83.0 cm³/mol. The molecule has 0 heterocycles. The molecule has 4 heteroatoms. The topological polar surface area (TPSA) is 38.3 Å². The van der Waals surface area contributed by atoms with Crippen LogP contribution in [0.25, 0.3) is 0 Å². The van der Waals surface area contributed by atoms with E-state index in [4.69, 9.17) is 4.74 Å². The first-order valence-electron chi connectivity index (χ1n) is 7.34. The molecule has 0 bridgehead atoms. The van der Waals surface area contributed by atoms with Gasteiger partial charge in [-0.2, -0.15) is 0 Å². The summed E-state index contributed by atoms with van der Waals surface area (Å²) in [5, 5.41) is 3.84. The summed E-state index contributed by atoms with van der Waals surface area (Å²) in [4.78, 5) is 13.5. The Hall–Kier alpha value is -1.00. The SMILES string of the molecule is CCNC1(C(=O)OCC)CCC(Sc2ccccc2)C1. The number of carbonyl (C=O) groups excluding carboxylic acids is 1. The summed E-state index contributed by atoms with van der Waals surface area (Å²) in [7, 11) is 0. The first-order valence-corrected chi connectivity index (χ1v) is 8.22. The molecule has 3 nitrogen and oxygen atoms in total. The molecule has 0 amide bonds. The lowest BCUT2D eigenvalue weighted by Crippen LogP contribution is -2.51. The van der Waals surface area contributed by atoms with E-state index >= 15 is 0 Å². The van der Waals surface area contributed by atoms with Crippen molar-refractivity contribution in [3.05, 3.63) is 30.3 Å². The Morgan fingerprint density at radius 2 is 2.15 bits per heavy atom. The molecule has 1 fully saturated rings. The second-order valence-corrected chi connectivity index (χ2v) is 6.50. The van der Waals surface area contributed by atoms with Gasteiger partial charge in [0.05, 0.1) is 6.61 Å². The number of likely N-dealkylation sites (N-methyl/N-ethyl adjacent to an activating group) is 1. The molecule has 1 N–H and O–H groups in total. The zero-order valence-electron chi connectivity index (χ0n) is 12.2. The molecule has 1 saturated carbocycles. The van der Waals surface area contributed by atoms with Gasteiger partial charge in [-0.15, -0.1) is 11.8 Å². The highest BCUT2D eigenvalue weighted by atomic mass is 32.2. The van der Waals surface area contributed by atoms with Crippen molar-refractivity contribution in [1.29, 1.82) is 0 Å². The minimum atomic E-state index is -0.475. The average Bonchev–Trinajstić information content (AvgIpc) is 2.85. The number of thioether (sulfide) groups is 1. The predicted octanol–water partition coefficient (Wildman–Crippen LogP) is 3.24. The smallest absolute Gasteiger partial charge is 0.326 e. The number of hydrogen-bond donors (Lipinski definition) is 1. The van der Waals surface area contributed by atoms with Crippen LogP contribution in [0.3, 0.4) is 0 Å². The minimum Gasteiger partial charge on any atom is -0.465 e. The van der Waals surface area contributed by atoms with Gasteiger partial charge in [-0.1, -0.05) is 25.1 Å². The van der Waals surface area contributed by atoms with Crippen LogP contribution >= 0.6 is 11.8 Å². The van der Waals surface area contributed by atoms with Crippen molar-refractivity contribution in [2.75, 3.05) is 13.2 Å². The van der Waals surface area contributed by atoms with Crippen LogP contribution in [0, 0.1) is 0 Å². The highest BCUT2D eigenvalue weighted by Crippen LogP contribution is 2.40. The Labute approximate surface area is 125 Å². The molecular formula is C16H23NO2S. The second kappa shape index (κ2) is 7.14. The summed E-state index contributed by atoms with van der Waals surface area (Å²) in [6, 6.07) is 10.4. The molecule has 0 radical (unpaired) electrons. The van der Waals surface area contributed by atoms with E-state index in [9.17, 15) is 4.79 Å². The number of carbonyl (C=O) groups is 1. The highest BCUT2D eigenvalue weighted by Gasteiger charge is 2.46. The van der Waals surface area contributed by atoms with Gasteiger partial charge in [-0.05, 0) is 44.9 Å². The molecule has 2 atom stereocenters. The van der Waals surface area contributed by atoms with Crippen molar-refractivity contribution in [3.63, 3.8) is 0 Å². The summed E-state index contributed by atoms with van der Waals surface area (Å²) >= 11 is 1.87. The fourth-order valence-electron chi connectivity index (χ4n) is 2.82. The molecule has 110 valence electrons. The summed E-state index contributed by atoms with van der Waals surface area (Å²) in [6.07, 6.45) is 2.76. The van der Waals surface area contributed by atoms with Crippen molar-refractivity contribution in [3.8, 4) is 0 Å². The molecule has 0 spiro atoms. The third-order valence-corrected chi connectivity index (χ3v) is 4.98. The number of ether oxygens (including phenoxy) is 1. The Bertz CT molecular complexity index is 437. The fraction of sp³-hybridized carbons (Fsp3) is 0.562. The minimum absolute atomic E-state index is 0.0852. The van der Waals surface area contributed by atoms with Gasteiger partial charge < -0.3 is 10.1 Å². The van der Waals surface area contributed by atoms with Crippen molar-refractivity contribution >= 4 is 17.7 Å². The molecule has 2 unspecified atom stereocenters. The molecule has 2 rings (SSSR count). The fourth-order valence-corrected chi connectivity index (χ4v) is 4.12.